The van der Waals surface area contributed by atoms with Crippen LogP contribution in [0.2, 0.25) is 0 Å². The van der Waals surface area contributed by atoms with E-state index in [1.165, 1.54) is 24.8 Å². The van der Waals surface area contributed by atoms with Gasteiger partial charge >= 0.3 is 0 Å². The summed E-state index contributed by atoms with van der Waals surface area (Å²) in [6, 6.07) is 9.67. The van der Waals surface area contributed by atoms with Gasteiger partial charge in [0.25, 0.3) is 5.91 Å². The Kier molecular flexibility index (Phi) is 7.91. The van der Waals surface area contributed by atoms with Crippen LogP contribution in [0.25, 0.3) is 0 Å². The topological polar surface area (TPSA) is 52.6 Å². The zero-order valence-electron chi connectivity index (χ0n) is 18.2. The van der Waals surface area contributed by atoms with E-state index in [0.29, 0.717) is 0 Å². The van der Waals surface area contributed by atoms with Gasteiger partial charge in [0.15, 0.2) is 5.60 Å². The van der Waals surface area contributed by atoms with Crippen LogP contribution in [0.1, 0.15) is 70.8 Å². The fourth-order valence-electron chi connectivity index (χ4n) is 4.54. The Bertz CT molecular complexity index is 671. The van der Waals surface area contributed by atoms with Crippen LogP contribution in [0.5, 0.6) is 0 Å². The molecule has 2 N–H and O–H groups in total. The van der Waals surface area contributed by atoms with Crippen molar-refractivity contribution in [3.05, 3.63) is 47.5 Å². The van der Waals surface area contributed by atoms with E-state index in [-0.39, 0.29) is 17.9 Å². The number of allylic oxidation sites excluding steroid dienone is 2. The fourth-order valence-corrected chi connectivity index (χ4v) is 4.54. The lowest BCUT2D eigenvalue weighted by Gasteiger charge is -2.42. The van der Waals surface area contributed by atoms with Crippen molar-refractivity contribution in [1.29, 1.82) is 0 Å². The molecule has 1 aliphatic carbocycles. The SMILES string of the molecule is CC(C)=CCCCCN1CCC(NC(=O)C(O)(c2ccccc2)C2CCC2)CC1. The Morgan fingerprint density at radius 3 is 2.41 bits per heavy atom. The van der Waals surface area contributed by atoms with Crippen LogP contribution < -0.4 is 5.32 Å². The molecule has 1 atom stereocenters. The maximum absolute atomic E-state index is 13.2. The van der Waals surface area contributed by atoms with E-state index in [2.05, 4.69) is 30.1 Å². The van der Waals surface area contributed by atoms with Crippen molar-refractivity contribution in [3.63, 3.8) is 0 Å². The van der Waals surface area contributed by atoms with Gasteiger partial charge in [-0.2, -0.15) is 0 Å². The average molecular weight is 399 g/mol. The van der Waals surface area contributed by atoms with Crippen molar-refractivity contribution < 1.29 is 9.90 Å². The molecular weight excluding hydrogens is 360 g/mol. The molecule has 4 heteroatoms. The van der Waals surface area contributed by atoms with Gasteiger partial charge in [-0.15, -0.1) is 0 Å². The molecule has 0 radical (unpaired) electrons. The first kappa shape index (κ1) is 22.0. The molecule has 1 unspecified atom stereocenters. The van der Waals surface area contributed by atoms with Crippen molar-refractivity contribution >= 4 is 5.91 Å². The number of likely N-dealkylation sites (tertiary alicyclic amines) is 1. The quantitative estimate of drug-likeness (QED) is 0.479. The standard InChI is InChI=1S/C25H38N2O2/c1-20(2)10-5-4-8-17-27-18-15-23(16-19-27)26-24(28)25(29,22-13-9-14-22)21-11-6-3-7-12-21/h3,6-7,10-12,22-23,29H,4-5,8-9,13-19H2,1-2H3,(H,26,28). The van der Waals surface area contributed by atoms with Gasteiger partial charge in [0.05, 0.1) is 0 Å². The number of nitrogens with one attached hydrogen (secondary N) is 1. The summed E-state index contributed by atoms with van der Waals surface area (Å²) in [7, 11) is 0. The molecule has 1 saturated carbocycles. The summed E-state index contributed by atoms with van der Waals surface area (Å²) < 4.78 is 0. The van der Waals surface area contributed by atoms with Crippen molar-refractivity contribution in [2.75, 3.05) is 19.6 Å². The highest BCUT2D eigenvalue weighted by molar-refractivity contribution is 5.87. The minimum absolute atomic E-state index is 0.0331. The third kappa shape index (κ3) is 5.70. The number of carbonyl (C=O) groups is 1. The van der Waals surface area contributed by atoms with Crippen molar-refractivity contribution in [1.82, 2.24) is 10.2 Å². The Morgan fingerprint density at radius 1 is 1.14 bits per heavy atom. The van der Waals surface area contributed by atoms with Gasteiger partial charge in [-0.05, 0) is 70.9 Å². The van der Waals surface area contributed by atoms with E-state index in [4.69, 9.17) is 0 Å². The predicted molar refractivity (Wildman–Crippen MR) is 119 cm³/mol. The minimum Gasteiger partial charge on any atom is -0.375 e. The number of nitrogens with zero attached hydrogens (tertiary/aromatic N) is 1. The predicted octanol–water partition coefficient (Wildman–Crippen LogP) is 4.39. The molecule has 1 heterocycles. The Labute approximate surface area is 176 Å². The first-order valence-corrected chi connectivity index (χ1v) is 11.4. The van der Waals surface area contributed by atoms with Crippen LogP contribution in [0.3, 0.4) is 0 Å². The molecule has 3 rings (SSSR count). The maximum Gasteiger partial charge on any atom is 0.257 e. The summed E-state index contributed by atoms with van der Waals surface area (Å²) in [4.78, 5) is 15.7. The molecule has 0 spiro atoms. The molecule has 1 saturated heterocycles. The molecule has 1 aromatic carbocycles. The van der Waals surface area contributed by atoms with Gasteiger partial charge in [0.2, 0.25) is 0 Å². The van der Waals surface area contributed by atoms with Crippen LogP contribution in [-0.2, 0) is 10.4 Å². The van der Waals surface area contributed by atoms with Crippen LogP contribution in [0.15, 0.2) is 42.0 Å². The largest absolute Gasteiger partial charge is 0.375 e. The second-order valence-electron chi connectivity index (χ2n) is 9.13. The van der Waals surface area contributed by atoms with Crippen molar-refractivity contribution in [3.8, 4) is 0 Å². The average Bonchev–Trinajstić information content (AvgIpc) is 2.68. The lowest BCUT2D eigenvalue weighted by molar-refractivity contribution is -0.153. The molecule has 0 bridgehead atoms. The highest BCUT2D eigenvalue weighted by Crippen LogP contribution is 2.42. The number of hydrogen-bond donors (Lipinski definition) is 2. The molecule has 1 amide bonds. The van der Waals surface area contributed by atoms with Gasteiger partial charge in [-0.25, -0.2) is 0 Å². The van der Waals surface area contributed by atoms with E-state index in [1.54, 1.807) is 0 Å². The zero-order valence-corrected chi connectivity index (χ0v) is 18.2. The highest BCUT2D eigenvalue weighted by Gasteiger charge is 2.48. The minimum atomic E-state index is -1.39. The molecule has 1 aromatic rings. The smallest absolute Gasteiger partial charge is 0.257 e. The summed E-state index contributed by atoms with van der Waals surface area (Å²) in [5, 5.41) is 14.6. The van der Waals surface area contributed by atoms with Gasteiger partial charge in [-0.1, -0.05) is 48.4 Å². The third-order valence-corrected chi connectivity index (χ3v) is 6.66. The summed E-state index contributed by atoms with van der Waals surface area (Å²) in [5.74, 6) is -0.167. The molecule has 1 aliphatic heterocycles. The number of carbonyl (C=O) groups excluding carboxylic acids is 1. The molecule has 4 nitrogen and oxygen atoms in total. The fraction of sp³-hybridized carbons (Fsp3) is 0.640. The lowest BCUT2D eigenvalue weighted by atomic mass is 9.69. The molecular formula is C25H38N2O2. The number of hydrogen-bond acceptors (Lipinski definition) is 3. The second-order valence-corrected chi connectivity index (χ2v) is 9.13. The van der Waals surface area contributed by atoms with Gasteiger partial charge in [0, 0.05) is 25.0 Å². The van der Waals surface area contributed by atoms with Gasteiger partial charge in [0.1, 0.15) is 0 Å². The van der Waals surface area contributed by atoms with Crippen molar-refractivity contribution in [2.24, 2.45) is 5.92 Å². The third-order valence-electron chi connectivity index (χ3n) is 6.66. The van der Waals surface area contributed by atoms with E-state index < -0.39 is 5.60 Å². The summed E-state index contributed by atoms with van der Waals surface area (Å²) in [6.45, 7) is 7.51. The lowest BCUT2D eigenvalue weighted by Crippen LogP contribution is -2.55. The Hall–Kier alpha value is -1.65. The highest BCUT2D eigenvalue weighted by atomic mass is 16.3. The maximum atomic E-state index is 13.2. The number of piperidine rings is 1. The van der Waals surface area contributed by atoms with Gasteiger partial charge < -0.3 is 15.3 Å². The number of aliphatic hydroxyl groups is 1. The first-order valence-electron chi connectivity index (χ1n) is 11.4. The monoisotopic (exact) mass is 398 g/mol. The second kappa shape index (κ2) is 10.4. The summed E-state index contributed by atoms with van der Waals surface area (Å²) in [6.07, 6.45) is 10.8. The van der Waals surface area contributed by atoms with Crippen LogP contribution >= 0.6 is 0 Å². The van der Waals surface area contributed by atoms with E-state index >= 15 is 0 Å². The first-order chi connectivity index (χ1) is 14.0. The van der Waals surface area contributed by atoms with Gasteiger partial charge in [-0.3, -0.25) is 4.79 Å². The van der Waals surface area contributed by atoms with Crippen molar-refractivity contribution in [2.45, 2.75) is 76.9 Å². The molecule has 29 heavy (non-hydrogen) atoms. The van der Waals surface area contributed by atoms with E-state index in [1.807, 2.05) is 30.3 Å². The number of benzene rings is 1. The Balaban J connectivity index is 1.48. The number of rotatable bonds is 9. The van der Waals surface area contributed by atoms with Crippen LogP contribution in [0, 0.1) is 5.92 Å². The Morgan fingerprint density at radius 2 is 1.83 bits per heavy atom. The summed E-state index contributed by atoms with van der Waals surface area (Å²) in [5.41, 5.74) is 0.747. The normalized spacial score (nSPS) is 20.5. The van der Waals surface area contributed by atoms with Crippen LogP contribution in [0.4, 0.5) is 0 Å². The number of unbranched alkanes of at least 4 members (excludes halogenated alkanes) is 2. The molecule has 0 aromatic heterocycles. The van der Waals surface area contributed by atoms with E-state index in [9.17, 15) is 9.90 Å². The number of amides is 1. The van der Waals surface area contributed by atoms with E-state index in [0.717, 1.165) is 57.3 Å². The molecule has 160 valence electrons. The zero-order chi connectivity index (χ0) is 20.7. The van der Waals surface area contributed by atoms with Crippen LogP contribution in [-0.4, -0.2) is 41.6 Å². The summed E-state index contributed by atoms with van der Waals surface area (Å²) >= 11 is 0. The molecule has 2 fully saturated rings. The molecule has 2 aliphatic rings.